The van der Waals surface area contributed by atoms with Gasteiger partial charge in [-0.3, -0.25) is 4.79 Å². The molecule has 0 aliphatic rings. The van der Waals surface area contributed by atoms with Gasteiger partial charge in [0.05, 0.1) is 5.75 Å². The van der Waals surface area contributed by atoms with Crippen LogP contribution in [0.15, 0.2) is 0 Å². The lowest BCUT2D eigenvalue weighted by Crippen LogP contribution is -2.16. The predicted molar refractivity (Wildman–Crippen MR) is 33.5 cm³/mol. The smallest absolute Gasteiger partial charge is 0.218 e. The van der Waals surface area contributed by atoms with Crippen LogP contribution in [-0.4, -0.2) is 26.3 Å². The van der Waals surface area contributed by atoms with Crippen LogP contribution in [0.3, 0.4) is 0 Å². The van der Waals surface area contributed by atoms with Crippen molar-refractivity contribution in [2.75, 3.05) is 12.0 Å². The molecule has 54 valence electrons. The van der Waals surface area contributed by atoms with Crippen molar-refractivity contribution in [3.8, 4) is 0 Å². The fourth-order valence-corrected chi connectivity index (χ4v) is 0.858. The molecule has 4 nitrogen and oxygen atoms in total. The van der Waals surface area contributed by atoms with Gasteiger partial charge in [-0.05, 0) is 0 Å². The number of hydrogen-bond donors (Lipinski definition) is 1. The SMILES string of the molecule is CS(=O)(=O)CCC(N)=O. The summed E-state index contributed by atoms with van der Waals surface area (Å²) in [6.07, 6.45) is 0.981. The van der Waals surface area contributed by atoms with Crippen LogP contribution < -0.4 is 5.73 Å². The van der Waals surface area contributed by atoms with E-state index in [0.29, 0.717) is 0 Å². The summed E-state index contributed by atoms with van der Waals surface area (Å²) in [5.41, 5.74) is 4.70. The Labute approximate surface area is 54.0 Å². The molecule has 0 aliphatic carbocycles. The molecule has 0 aromatic carbocycles. The first kappa shape index (κ1) is 8.42. The molecule has 0 rings (SSSR count). The fourth-order valence-electron chi connectivity index (χ4n) is 0.286. The second kappa shape index (κ2) is 2.82. The molecule has 0 saturated carbocycles. The highest BCUT2D eigenvalue weighted by Gasteiger charge is 2.03. The van der Waals surface area contributed by atoms with Crippen molar-refractivity contribution in [2.24, 2.45) is 5.73 Å². The zero-order valence-electron chi connectivity index (χ0n) is 5.12. The zero-order chi connectivity index (χ0) is 7.49. The van der Waals surface area contributed by atoms with E-state index >= 15 is 0 Å². The van der Waals surface area contributed by atoms with Crippen LogP contribution in [0.2, 0.25) is 0 Å². The Morgan fingerprint density at radius 1 is 1.56 bits per heavy atom. The normalized spacial score (nSPS) is 11.2. The van der Waals surface area contributed by atoms with Gasteiger partial charge in [-0.2, -0.15) is 0 Å². The third-order valence-corrected chi connectivity index (χ3v) is 1.66. The molecule has 0 unspecified atom stereocenters. The summed E-state index contributed by atoms with van der Waals surface area (Å²) in [5, 5.41) is 0. The van der Waals surface area contributed by atoms with Crippen LogP contribution in [0.4, 0.5) is 0 Å². The molecular formula is C4H9NO3S. The van der Waals surface area contributed by atoms with Crippen molar-refractivity contribution in [3.63, 3.8) is 0 Å². The molecule has 0 aliphatic heterocycles. The molecule has 0 aromatic heterocycles. The Morgan fingerprint density at radius 3 is 2.11 bits per heavy atom. The molecule has 0 atom stereocenters. The van der Waals surface area contributed by atoms with Gasteiger partial charge in [0.15, 0.2) is 0 Å². The average molecular weight is 151 g/mol. The molecule has 0 bridgehead atoms. The highest BCUT2D eigenvalue weighted by molar-refractivity contribution is 7.90. The molecular weight excluding hydrogens is 142 g/mol. The molecule has 0 spiro atoms. The minimum Gasteiger partial charge on any atom is -0.370 e. The van der Waals surface area contributed by atoms with Gasteiger partial charge in [0, 0.05) is 12.7 Å². The molecule has 0 aromatic rings. The first-order valence-electron chi connectivity index (χ1n) is 2.38. The zero-order valence-corrected chi connectivity index (χ0v) is 5.94. The van der Waals surface area contributed by atoms with E-state index < -0.39 is 15.7 Å². The summed E-state index contributed by atoms with van der Waals surface area (Å²) in [6.45, 7) is 0. The summed E-state index contributed by atoms with van der Waals surface area (Å²) in [4.78, 5) is 10.0. The van der Waals surface area contributed by atoms with E-state index in [4.69, 9.17) is 5.73 Å². The van der Waals surface area contributed by atoms with Crippen LogP contribution in [0.25, 0.3) is 0 Å². The monoisotopic (exact) mass is 151 g/mol. The Bertz CT molecular complexity index is 194. The van der Waals surface area contributed by atoms with Gasteiger partial charge in [-0.15, -0.1) is 0 Å². The van der Waals surface area contributed by atoms with Crippen molar-refractivity contribution in [1.29, 1.82) is 0 Å². The average Bonchev–Trinajstić information content (AvgIpc) is 1.59. The van der Waals surface area contributed by atoms with Gasteiger partial charge >= 0.3 is 0 Å². The Morgan fingerprint density at radius 2 is 2.00 bits per heavy atom. The van der Waals surface area contributed by atoms with E-state index in [1.165, 1.54) is 0 Å². The van der Waals surface area contributed by atoms with E-state index in [-0.39, 0.29) is 12.2 Å². The van der Waals surface area contributed by atoms with Crippen LogP contribution in [0.5, 0.6) is 0 Å². The van der Waals surface area contributed by atoms with E-state index in [0.717, 1.165) is 6.26 Å². The Hall–Kier alpha value is -0.580. The van der Waals surface area contributed by atoms with Gasteiger partial charge in [0.1, 0.15) is 9.84 Å². The van der Waals surface area contributed by atoms with Crippen molar-refractivity contribution in [1.82, 2.24) is 0 Å². The maximum absolute atomic E-state index is 10.3. The van der Waals surface area contributed by atoms with E-state index in [1.807, 2.05) is 0 Å². The standard InChI is InChI=1S/C4H9NO3S/c1-9(7,8)3-2-4(5)6/h2-3H2,1H3,(H2,5,6). The fraction of sp³-hybridized carbons (Fsp3) is 0.750. The number of carbonyl (C=O) groups excluding carboxylic acids is 1. The minimum atomic E-state index is -3.02. The highest BCUT2D eigenvalue weighted by atomic mass is 32.2. The number of hydrogen-bond acceptors (Lipinski definition) is 3. The van der Waals surface area contributed by atoms with E-state index in [1.54, 1.807) is 0 Å². The van der Waals surface area contributed by atoms with Gasteiger partial charge in [-0.25, -0.2) is 8.42 Å². The second-order valence-corrected chi connectivity index (χ2v) is 4.11. The summed E-state index contributed by atoms with van der Waals surface area (Å²) < 4.78 is 20.7. The summed E-state index contributed by atoms with van der Waals surface area (Å²) in [7, 11) is -3.02. The molecule has 1 amide bonds. The summed E-state index contributed by atoms with van der Waals surface area (Å²) in [5.74, 6) is -0.733. The van der Waals surface area contributed by atoms with Crippen LogP contribution >= 0.6 is 0 Å². The van der Waals surface area contributed by atoms with Crippen molar-refractivity contribution < 1.29 is 13.2 Å². The van der Waals surface area contributed by atoms with Crippen molar-refractivity contribution in [3.05, 3.63) is 0 Å². The first-order valence-corrected chi connectivity index (χ1v) is 4.44. The van der Waals surface area contributed by atoms with Crippen molar-refractivity contribution in [2.45, 2.75) is 6.42 Å². The molecule has 0 radical (unpaired) electrons. The number of carbonyl (C=O) groups is 1. The van der Waals surface area contributed by atoms with Gasteiger partial charge in [-0.1, -0.05) is 0 Å². The maximum Gasteiger partial charge on any atom is 0.218 e. The second-order valence-electron chi connectivity index (χ2n) is 1.85. The lowest BCUT2D eigenvalue weighted by Gasteiger charge is -1.91. The number of sulfone groups is 1. The molecule has 5 heteroatoms. The lowest BCUT2D eigenvalue weighted by molar-refractivity contribution is -0.117. The summed E-state index contributed by atoms with van der Waals surface area (Å²) >= 11 is 0. The Kier molecular flexibility index (Phi) is 2.64. The molecule has 0 saturated heterocycles. The third-order valence-electron chi connectivity index (χ3n) is 0.719. The minimum absolute atomic E-state index is 0.0845. The van der Waals surface area contributed by atoms with Crippen molar-refractivity contribution >= 4 is 15.7 Å². The number of nitrogens with two attached hydrogens (primary N) is 1. The topological polar surface area (TPSA) is 77.2 Å². The molecule has 0 fully saturated rings. The molecule has 0 heterocycles. The Balaban J connectivity index is 3.67. The third kappa shape index (κ3) is 7.42. The number of amides is 1. The van der Waals surface area contributed by atoms with Gasteiger partial charge in [0.25, 0.3) is 0 Å². The van der Waals surface area contributed by atoms with Crippen LogP contribution in [-0.2, 0) is 14.6 Å². The first-order chi connectivity index (χ1) is 3.92. The van der Waals surface area contributed by atoms with Crippen LogP contribution in [0.1, 0.15) is 6.42 Å². The van der Waals surface area contributed by atoms with E-state index in [9.17, 15) is 13.2 Å². The molecule has 2 N–H and O–H groups in total. The number of primary amides is 1. The lowest BCUT2D eigenvalue weighted by atomic mass is 10.5. The maximum atomic E-state index is 10.3. The number of rotatable bonds is 3. The summed E-state index contributed by atoms with van der Waals surface area (Å²) in [6, 6.07) is 0. The molecule has 9 heavy (non-hydrogen) atoms. The predicted octanol–water partition coefficient (Wildman–Crippen LogP) is -1.09. The van der Waals surface area contributed by atoms with E-state index in [2.05, 4.69) is 0 Å². The quantitative estimate of drug-likeness (QED) is 0.556. The largest absolute Gasteiger partial charge is 0.370 e. The van der Waals surface area contributed by atoms with Gasteiger partial charge in [0.2, 0.25) is 5.91 Å². The highest BCUT2D eigenvalue weighted by Crippen LogP contribution is 1.85. The van der Waals surface area contributed by atoms with Crippen LogP contribution in [0, 0.1) is 0 Å². The van der Waals surface area contributed by atoms with Gasteiger partial charge < -0.3 is 5.73 Å².